The van der Waals surface area contributed by atoms with Crippen LogP contribution in [0.4, 0.5) is 5.69 Å². The number of carbonyl (C=O) groups is 3. The lowest BCUT2D eigenvalue weighted by Crippen LogP contribution is -2.56. The molecule has 3 saturated heterocycles. The highest BCUT2D eigenvalue weighted by Crippen LogP contribution is 2.59. The average Bonchev–Trinajstić information content (AvgIpc) is 3.54. The summed E-state index contributed by atoms with van der Waals surface area (Å²) in [6.07, 6.45) is 3.41. The van der Waals surface area contributed by atoms with Crippen LogP contribution in [0.3, 0.4) is 0 Å². The van der Waals surface area contributed by atoms with Gasteiger partial charge in [-0.1, -0.05) is 36.4 Å². The second-order valence-electron chi connectivity index (χ2n) is 10.0. The molecule has 3 aliphatic rings. The molecule has 0 radical (unpaired) electrons. The van der Waals surface area contributed by atoms with Crippen molar-refractivity contribution < 1.29 is 29.0 Å². The third kappa shape index (κ3) is 4.12. The van der Waals surface area contributed by atoms with Crippen molar-refractivity contribution in [2.24, 2.45) is 11.8 Å². The normalized spacial score (nSPS) is 27.9. The average molecular weight is 507 g/mol. The summed E-state index contributed by atoms with van der Waals surface area (Å²) in [5, 5.41) is 11.4. The fourth-order valence-corrected chi connectivity index (χ4v) is 6.52. The molecule has 2 aromatic rings. The quantitative estimate of drug-likeness (QED) is 0.302. The first-order chi connectivity index (χ1) is 18.0. The number of rotatable bonds is 10. The second-order valence-corrected chi connectivity index (χ2v) is 10.0. The summed E-state index contributed by atoms with van der Waals surface area (Å²) in [5.41, 5.74) is -0.369. The van der Waals surface area contributed by atoms with Gasteiger partial charge < -0.3 is 24.4 Å². The highest BCUT2D eigenvalue weighted by Gasteiger charge is 2.75. The topological polar surface area (TPSA) is 96.4 Å². The Hall–Kier alpha value is -3.23. The molecule has 5 rings (SSSR count). The number of carbonyl (C=O) groups excluding carboxylic acids is 3. The number of hydrogen-bond donors (Lipinski definition) is 1. The molecule has 2 unspecified atom stereocenters. The lowest BCUT2D eigenvalue weighted by molar-refractivity contribution is -0.154. The number of unbranched alkanes of at least 4 members (excludes halogenated alkanes) is 1. The summed E-state index contributed by atoms with van der Waals surface area (Å²) in [6.45, 7) is 6.38. The minimum absolute atomic E-state index is 0.00107. The molecule has 3 aliphatic heterocycles. The van der Waals surface area contributed by atoms with E-state index in [-0.39, 0.29) is 31.6 Å². The molecule has 0 aliphatic carbocycles. The van der Waals surface area contributed by atoms with Gasteiger partial charge in [0.2, 0.25) is 5.91 Å². The third-order valence-electron chi connectivity index (χ3n) is 8.02. The minimum Gasteiger partial charge on any atom is -0.466 e. The van der Waals surface area contributed by atoms with E-state index in [0.717, 1.165) is 10.8 Å². The van der Waals surface area contributed by atoms with E-state index in [1.165, 1.54) is 0 Å². The van der Waals surface area contributed by atoms with Crippen molar-refractivity contribution in [1.29, 1.82) is 0 Å². The van der Waals surface area contributed by atoms with Gasteiger partial charge in [0.25, 0.3) is 5.91 Å². The van der Waals surface area contributed by atoms with Gasteiger partial charge in [-0.2, -0.15) is 0 Å². The predicted octanol–water partition coefficient (Wildman–Crippen LogP) is 3.07. The Balaban J connectivity index is 1.55. The fourth-order valence-electron chi connectivity index (χ4n) is 6.52. The first kappa shape index (κ1) is 25.4. The molecule has 196 valence electrons. The first-order valence-electron chi connectivity index (χ1n) is 13.1. The van der Waals surface area contributed by atoms with Gasteiger partial charge >= 0.3 is 5.97 Å². The lowest BCUT2D eigenvalue weighted by Gasteiger charge is -2.36. The number of likely N-dealkylation sites (tertiary alicyclic amines) is 1. The minimum atomic E-state index is -1.08. The number of aliphatic hydroxyl groups excluding tert-OH is 1. The van der Waals surface area contributed by atoms with Gasteiger partial charge in [-0.3, -0.25) is 14.4 Å². The molecule has 37 heavy (non-hydrogen) atoms. The third-order valence-corrected chi connectivity index (χ3v) is 8.02. The van der Waals surface area contributed by atoms with E-state index < -0.39 is 35.6 Å². The molecule has 3 heterocycles. The molecule has 3 fully saturated rings. The van der Waals surface area contributed by atoms with Gasteiger partial charge in [-0.25, -0.2) is 0 Å². The van der Waals surface area contributed by atoms with E-state index >= 15 is 0 Å². The van der Waals surface area contributed by atoms with Crippen molar-refractivity contribution in [3.8, 4) is 0 Å². The Morgan fingerprint density at radius 1 is 1.24 bits per heavy atom. The number of ether oxygens (including phenoxy) is 2. The Morgan fingerprint density at radius 3 is 2.76 bits per heavy atom. The van der Waals surface area contributed by atoms with Crippen molar-refractivity contribution in [3.05, 3.63) is 55.1 Å². The SMILES string of the molecule is C=CCN(C(=O)C1N(CCCCO)C(=O)[C@@H]2[C@H](C(=O)OCC)[C@@H]3CCC12O3)c1ccc2ccccc2c1. The number of amides is 2. The molecule has 0 aromatic heterocycles. The molecule has 2 bridgehead atoms. The zero-order valence-corrected chi connectivity index (χ0v) is 21.2. The van der Waals surface area contributed by atoms with E-state index in [1.54, 1.807) is 22.8 Å². The van der Waals surface area contributed by atoms with Gasteiger partial charge in [0.15, 0.2) is 0 Å². The standard InChI is InChI=1S/C29H34N2O6/c1-3-15-30(21-12-11-19-9-5-6-10-20(19)18-21)27(34)25-29-14-13-22(37-29)23(28(35)36-4-2)24(29)26(33)31(25)16-7-8-17-32/h3,5-6,9-12,18,22-25,32H,1,4,7-8,13-17H2,2H3/t22-,23+,24-,25?,29?/m0/s1. The van der Waals surface area contributed by atoms with E-state index in [1.807, 2.05) is 42.5 Å². The number of benzene rings is 2. The van der Waals surface area contributed by atoms with Gasteiger partial charge in [0, 0.05) is 25.4 Å². The molecule has 8 nitrogen and oxygen atoms in total. The van der Waals surface area contributed by atoms with Crippen LogP contribution in [0.15, 0.2) is 55.1 Å². The van der Waals surface area contributed by atoms with E-state index in [2.05, 4.69) is 6.58 Å². The van der Waals surface area contributed by atoms with Gasteiger partial charge in [-0.05, 0) is 55.5 Å². The van der Waals surface area contributed by atoms with Crippen LogP contribution in [-0.4, -0.2) is 71.8 Å². The Kier molecular flexibility index (Phi) is 7.05. The maximum Gasteiger partial charge on any atom is 0.312 e. The van der Waals surface area contributed by atoms with Gasteiger partial charge in [-0.15, -0.1) is 6.58 Å². The molecule has 2 aromatic carbocycles. The summed E-state index contributed by atoms with van der Waals surface area (Å²) in [5.74, 6) is -2.40. The van der Waals surface area contributed by atoms with Crippen LogP contribution in [-0.2, 0) is 23.9 Å². The number of esters is 1. The zero-order valence-electron chi connectivity index (χ0n) is 21.2. The van der Waals surface area contributed by atoms with Gasteiger partial charge in [0.05, 0.1) is 24.5 Å². The maximum absolute atomic E-state index is 14.4. The van der Waals surface area contributed by atoms with E-state index in [0.29, 0.717) is 37.9 Å². The van der Waals surface area contributed by atoms with Crippen LogP contribution in [0.1, 0.15) is 32.6 Å². The molecule has 0 saturated carbocycles. The van der Waals surface area contributed by atoms with Crippen LogP contribution in [0.25, 0.3) is 10.8 Å². The predicted molar refractivity (Wildman–Crippen MR) is 139 cm³/mol. The van der Waals surface area contributed by atoms with E-state index in [9.17, 15) is 19.5 Å². The number of fused-ring (bicyclic) bond motifs is 2. The van der Waals surface area contributed by atoms with Crippen LogP contribution < -0.4 is 4.90 Å². The lowest BCUT2D eigenvalue weighted by atomic mass is 9.70. The number of nitrogens with zero attached hydrogens (tertiary/aromatic N) is 2. The molecule has 1 N–H and O–H groups in total. The molecular weight excluding hydrogens is 472 g/mol. The smallest absolute Gasteiger partial charge is 0.312 e. The summed E-state index contributed by atoms with van der Waals surface area (Å²) >= 11 is 0. The maximum atomic E-state index is 14.4. The Morgan fingerprint density at radius 2 is 2.03 bits per heavy atom. The largest absolute Gasteiger partial charge is 0.466 e. The van der Waals surface area contributed by atoms with E-state index in [4.69, 9.17) is 9.47 Å². The molecular formula is C29H34N2O6. The highest BCUT2D eigenvalue weighted by molar-refractivity contribution is 6.05. The van der Waals surface area contributed by atoms with Crippen molar-refractivity contribution >= 4 is 34.2 Å². The number of aliphatic hydroxyl groups is 1. The van der Waals surface area contributed by atoms with Crippen LogP contribution >= 0.6 is 0 Å². The van der Waals surface area contributed by atoms with Crippen LogP contribution in [0.5, 0.6) is 0 Å². The van der Waals surface area contributed by atoms with Crippen molar-refractivity contribution in [1.82, 2.24) is 4.90 Å². The molecule has 1 spiro atoms. The Labute approximate surface area is 216 Å². The first-order valence-corrected chi connectivity index (χ1v) is 13.1. The van der Waals surface area contributed by atoms with Crippen LogP contribution in [0.2, 0.25) is 0 Å². The highest BCUT2D eigenvalue weighted by atomic mass is 16.6. The summed E-state index contributed by atoms with van der Waals surface area (Å²) in [7, 11) is 0. The molecule has 5 atom stereocenters. The fraction of sp³-hybridized carbons (Fsp3) is 0.483. The summed E-state index contributed by atoms with van der Waals surface area (Å²) in [6, 6.07) is 12.9. The second kappa shape index (κ2) is 10.3. The molecule has 2 amide bonds. The van der Waals surface area contributed by atoms with Crippen LogP contribution in [0, 0.1) is 11.8 Å². The zero-order chi connectivity index (χ0) is 26.2. The summed E-state index contributed by atoms with van der Waals surface area (Å²) < 4.78 is 11.8. The number of anilines is 1. The monoisotopic (exact) mass is 506 g/mol. The number of hydrogen-bond acceptors (Lipinski definition) is 6. The van der Waals surface area contributed by atoms with Crippen molar-refractivity contribution in [2.75, 3.05) is 31.2 Å². The molecule has 8 heteroatoms. The Bertz CT molecular complexity index is 1210. The summed E-state index contributed by atoms with van der Waals surface area (Å²) in [4.78, 5) is 44.5. The van der Waals surface area contributed by atoms with Gasteiger partial charge in [0.1, 0.15) is 11.6 Å². The van der Waals surface area contributed by atoms with Crippen molar-refractivity contribution in [3.63, 3.8) is 0 Å². The van der Waals surface area contributed by atoms with Crippen molar-refractivity contribution in [2.45, 2.75) is 50.4 Å².